The normalized spacial score (nSPS) is 19.0. The predicted octanol–water partition coefficient (Wildman–Crippen LogP) is 3.50. The maximum Gasteiger partial charge on any atom is 0.407 e. The first-order valence-electron chi connectivity index (χ1n) is 9.19. The number of aryl methyl sites for hydroxylation is 1. The number of benzene rings is 1. The molecule has 1 aromatic heterocycles. The van der Waals surface area contributed by atoms with E-state index in [0.29, 0.717) is 6.42 Å². The molecule has 144 valence electrons. The zero-order valence-corrected chi connectivity index (χ0v) is 16.4. The van der Waals surface area contributed by atoms with Gasteiger partial charge in [-0.05, 0) is 52.3 Å². The minimum Gasteiger partial charge on any atom is -0.447 e. The van der Waals surface area contributed by atoms with E-state index in [0.717, 1.165) is 22.8 Å². The van der Waals surface area contributed by atoms with E-state index in [1.165, 1.54) is 0 Å². The van der Waals surface area contributed by atoms with Gasteiger partial charge < -0.3 is 19.5 Å². The van der Waals surface area contributed by atoms with E-state index >= 15 is 0 Å². The van der Waals surface area contributed by atoms with Gasteiger partial charge in [-0.25, -0.2) is 9.78 Å². The Morgan fingerprint density at radius 2 is 2.07 bits per heavy atom. The number of nitrogens with zero attached hydrogens (tertiary/aromatic N) is 3. The van der Waals surface area contributed by atoms with Crippen molar-refractivity contribution in [1.29, 1.82) is 0 Å². The van der Waals surface area contributed by atoms with Gasteiger partial charge in [0.05, 0.1) is 12.1 Å². The summed E-state index contributed by atoms with van der Waals surface area (Å²) in [5.41, 5.74) is 2.65. The molecule has 2 amide bonds. The summed E-state index contributed by atoms with van der Waals surface area (Å²) in [6.07, 6.45) is 3.61. The van der Waals surface area contributed by atoms with Crippen molar-refractivity contribution in [1.82, 2.24) is 14.9 Å². The summed E-state index contributed by atoms with van der Waals surface area (Å²) in [5, 5.41) is 2.96. The van der Waals surface area contributed by atoms with Gasteiger partial charge in [-0.3, -0.25) is 4.79 Å². The van der Waals surface area contributed by atoms with Gasteiger partial charge in [-0.1, -0.05) is 0 Å². The number of hydrogen-bond acceptors (Lipinski definition) is 4. The Balaban J connectivity index is 2.03. The second-order valence-electron chi connectivity index (χ2n) is 7.21. The van der Waals surface area contributed by atoms with Crippen molar-refractivity contribution in [3.05, 3.63) is 42.0 Å². The quantitative estimate of drug-likeness (QED) is 0.897. The lowest BCUT2D eigenvalue weighted by Crippen LogP contribution is -2.45. The van der Waals surface area contributed by atoms with E-state index in [9.17, 15) is 9.59 Å². The molecule has 2 aromatic rings. The molecule has 1 N–H and O–H groups in total. The third kappa shape index (κ3) is 3.82. The Labute approximate surface area is 159 Å². The van der Waals surface area contributed by atoms with Crippen LogP contribution < -0.4 is 10.2 Å². The van der Waals surface area contributed by atoms with Gasteiger partial charge in [0, 0.05) is 42.3 Å². The highest BCUT2D eigenvalue weighted by molar-refractivity contribution is 5.94. The van der Waals surface area contributed by atoms with Crippen LogP contribution in [-0.4, -0.2) is 33.7 Å². The predicted molar refractivity (Wildman–Crippen MR) is 103 cm³/mol. The largest absolute Gasteiger partial charge is 0.447 e. The SMILES string of the molecule is CC(=O)N1c2ccc(-n3ccnc3C)cc2[C@H](NC(=O)OC(C)C)C[C@@H]1C. The molecule has 0 radical (unpaired) electrons. The number of amides is 2. The highest BCUT2D eigenvalue weighted by Gasteiger charge is 2.33. The Bertz CT molecular complexity index is 859. The van der Waals surface area contributed by atoms with Crippen LogP contribution in [0.2, 0.25) is 0 Å². The minimum atomic E-state index is -0.450. The van der Waals surface area contributed by atoms with Crippen molar-refractivity contribution >= 4 is 17.7 Å². The van der Waals surface area contributed by atoms with Crippen molar-refractivity contribution in [2.24, 2.45) is 0 Å². The van der Waals surface area contributed by atoms with Crippen LogP contribution in [0.4, 0.5) is 10.5 Å². The molecule has 0 unspecified atom stereocenters. The lowest BCUT2D eigenvalue weighted by Gasteiger charge is -2.39. The number of imidazole rings is 1. The maximum absolute atomic E-state index is 12.2. The molecule has 27 heavy (non-hydrogen) atoms. The van der Waals surface area contributed by atoms with Gasteiger partial charge in [0.1, 0.15) is 5.82 Å². The van der Waals surface area contributed by atoms with Gasteiger partial charge in [0.2, 0.25) is 5.91 Å². The summed E-state index contributed by atoms with van der Waals surface area (Å²) < 4.78 is 7.23. The molecule has 0 fully saturated rings. The molecule has 0 aliphatic carbocycles. The van der Waals surface area contributed by atoms with Crippen LogP contribution >= 0.6 is 0 Å². The van der Waals surface area contributed by atoms with Crippen molar-refractivity contribution in [3.63, 3.8) is 0 Å². The fourth-order valence-electron chi connectivity index (χ4n) is 3.66. The van der Waals surface area contributed by atoms with Crippen LogP contribution in [0.1, 0.15) is 51.5 Å². The average Bonchev–Trinajstić information content (AvgIpc) is 2.99. The molecule has 0 bridgehead atoms. The summed E-state index contributed by atoms with van der Waals surface area (Å²) in [5.74, 6) is 0.852. The second-order valence-corrected chi connectivity index (χ2v) is 7.21. The molecule has 7 nitrogen and oxygen atoms in total. The summed E-state index contributed by atoms with van der Waals surface area (Å²) in [6.45, 7) is 9.11. The van der Waals surface area contributed by atoms with Gasteiger partial charge in [-0.2, -0.15) is 0 Å². The monoisotopic (exact) mass is 370 g/mol. The van der Waals surface area contributed by atoms with Crippen molar-refractivity contribution in [2.75, 3.05) is 4.90 Å². The second kappa shape index (κ2) is 7.42. The molecule has 0 saturated carbocycles. The Morgan fingerprint density at radius 1 is 1.33 bits per heavy atom. The van der Waals surface area contributed by atoms with Crippen LogP contribution in [0.5, 0.6) is 0 Å². The number of carbonyl (C=O) groups excluding carboxylic acids is 2. The number of nitrogens with one attached hydrogen (secondary N) is 1. The third-order valence-electron chi connectivity index (χ3n) is 4.74. The average molecular weight is 370 g/mol. The minimum absolute atomic E-state index is 0.0153. The van der Waals surface area contributed by atoms with E-state index in [4.69, 9.17) is 4.74 Å². The number of hydrogen-bond donors (Lipinski definition) is 1. The van der Waals surface area contributed by atoms with Crippen molar-refractivity contribution < 1.29 is 14.3 Å². The summed E-state index contributed by atoms with van der Waals surface area (Å²) >= 11 is 0. The van der Waals surface area contributed by atoms with Crippen LogP contribution in [0.15, 0.2) is 30.6 Å². The highest BCUT2D eigenvalue weighted by Crippen LogP contribution is 2.38. The first-order valence-corrected chi connectivity index (χ1v) is 9.19. The molecule has 2 atom stereocenters. The van der Waals surface area contributed by atoms with Crippen LogP contribution in [0, 0.1) is 6.92 Å². The van der Waals surface area contributed by atoms with Gasteiger partial charge >= 0.3 is 6.09 Å². The number of carbonyl (C=O) groups is 2. The first kappa shape index (κ1) is 18.9. The molecule has 7 heteroatoms. The van der Waals surface area contributed by atoms with Gasteiger partial charge in [-0.15, -0.1) is 0 Å². The molecule has 1 aliphatic heterocycles. The van der Waals surface area contributed by atoms with Crippen LogP contribution in [0.3, 0.4) is 0 Å². The number of ether oxygens (including phenoxy) is 1. The molecule has 1 aromatic carbocycles. The van der Waals surface area contributed by atoms with E-state index in [1.807, 2.05) is 56.7 Å². The topological polar surface area (TPSA) is 76.5 Å². The number of aromatic nitrogens is 2. The zero-order valence-electron chi connectivity index (χ0n) is 16.4. The van der Waals surface area contributed by atoms with Gasteiger partial charge in [0.25, 0.3) is 0 Å². The molecule has 1 aliphatic rings. The standard InChI is InChI=1S/C20H26N4O3/c1-12(2)27-20(26)22-18-10-13(3)24(15(5)25)19-7-6-16(11-17(18)19)23-9-8-21-14(23)4/h6-9,11-13,18H,10H2,1-5H3,(H,22,26)/t13-,18+/m0/s1. The van der Waals surface area contributed by atoms with E-state index in [1.54, 1.807) is 18.0 Å². The summed E-state index contributed by atoms with van der Waals surface area (Å²) in [7, 11) is 0. The van der Waals surface area contributed by atoms with Crippen molar-refractivity contribution in [3.8, 4) is 5.69 Å². The Morgan fingerprint density at radius 3 is 2.67 bits per heavy atom. The summed E-state index contributed by atoms with van der Waals surface area (Å²) in [4.78, 5) is 30.5. The van der Waals surface area contributed by atoms with Crippen LogP contribution in [0.25, 0.3) is 5.69 Å². The Hall–Kier alpha value is -2.83. The zero-order chi connectivity index (χ0) is 19.7. The molecule has 2 heterocycles. The lowest BCUT2D eigenvalue weighted by molar-refractivity contribution is -0.117. The van der Waals surface area contributed by atoms with E-state index < -0.39 is 6.09 Å². The smallest absolute Gasteiger partial charge is 0.407 e. The fourth-order valence-corrected chi connectivity index (χ4v) is 3.66. The number of anilines is 1. The van der Waals surface area contributed by atoms with Crippen molar-refractivity contribution in [2.45, 2.75) is 59.2 Å². The van der Waals surface area contributed by atoms with E-state index in [2.05, 4.69) is 10.3 Å². The molecular formula is C20H26N4O3. The molecule has 0 spiro atoms. The molecule has 0 saturated heterocycles. The highest BCUT2D eigenvalue weighted by atomic mass is 16.6. The van der Waals surface area contributed by atoms with Crippen LogP contribution in [-0.2, 0) is 9.53 Å². The number of fused-ring (bicyclic) bond motifs is 1. The molecule has 3 rings (SSSR count). The number of alkyl carbamates (subject to hydrolysis) is 1. The Kier molecular flexibility index (Phi) is 5.21. The lowest BCUT2D eigenvalue weighted by atomic mass is 9.91. The van der Waals surface area contributed by atoms with Gasteiger partial charge in [0.15, 0.2) is 0 Å². The summed E-state index contributed by atoms with van der Waals surface area (Å²) in [6, 6.07) is 5.64. The maximum atomic E-state index is 12.2. The third-order valence-corrected chi connectivity index (χ3v) is 4.74. The number of rotatable bonds is 3. The molecular weight excluding hydrogens is 344 g/mol. The van der Waals surface area contributed by atoms with E-state index in [-0.39, 0.29) is 24.1 Å². The fraction of sp³-hybridized carbons (Fsp3) is 0.450. The first-order chi connectivity index (χ1) is 12.8.